The second kappa shape index (κ2) is 4.08. The molecule has 1 aromatic rings. The molecule has 0 unspecified atom stereocenters. The molecule has 0 N–H and O–H groups in total. The van der Waals surface area contributed by atoms with Gasteiger partial charge in [0.15, 0.2) is 0 Å². The first-order chi connectivity index (χ1) is 7.27. The van der Waals surface area contributed by atoms with E-state index in [2.05, 4.69) is 22.0 Å². The summed E-state index contributed by atoms with van der Waals surface area (Å²) in [5.41, 5.74) is 2.96. The summed E-state index contributed by atoms with van der Waals surface area (Å²) in [7, 11) is 1.65. The predicted molar refractivity (Wildman–Crippen MR) is 62.6 cm³/mol. The molecule has 0 atom stereocenters. The molecule has 0 bridgehead atoms. The summed E-state index contributed by atoms with van der Waals surface area (Å²) in [5.74, 6) is 0.827. The Morgan fingerprint density at radius 1 is 1.47 bits per heavy atom. The topological polar surface area (TPSA) is 33.0 Å². The van der Waals surface area contributed by atoms with Crippen molar-refractivity contribution < 1.29 is 4.74 Å². The highest BCUT2D eigenvalue weighted by molar-refractivity contribution is 9.10. The van der Waals surface area contributed by atoms with Crippen LogP contribution >= 0.6 is 15.9 Å². The number of nitriles is 1. The number of methoxy groups -OCH3 is 1. The summed E-state index contributed by atoms with van der Waals surface area (Å²) >= 11 is 3.52. The van der Waals surface area contributed by atoms with Crippen molar-refractivity contribution >= 4 is 21.5 Å². The first-order valence-corrected chi connectivity index (χ1v) is 5.53. The zero-order valence-corrected chi connectivity index (χ0v) is 9.97. The molecule has 0 amide bonds. The normalized spacial score (nSPS) is 13.8. The van der Waals surface area contributed by atoms with Crippen LogP contribution in [0.1, 0.15) is 17.5 Å². The molecule has 0 aromatic heterocycles. The standard InChI is InChI=1S/C12H10BrNO/c1-15-11-6-5-9-8(7-14)3-2-4-10(9)12(11)13/h3,5-6H,2,4H2,1H3. The molecule has 1 aromatic carbocycles. The minimum absolute atomic E-state index is 0.764. The number of ether oxygens (including phenoxy) is 1. The minimum Gasteiger partial charge on any atom is -0.496 e. The second-order valence-corrected chi connectivity index (χ2v) is 4.17. The Morgan fingerprint density at radius 3 is 2.93 bits per heavy atom. The van der Waals surface area contributed by atoms with Gasteiger partial charge in [0.05, 0.1) is 23.2 Å². The van der Waals surface area contributed by atoms with E-state index < -0.39 is 0 Å². The molecule has 1 aliphatic carbocycles. The summed E-state index contributed by atoms with van der Waals surface area (Å²) < 4.78 is 6.21. The van der Waals surface area contributed by atoms with Crippen LogP contribution in [-0.2, 0) is 6.42 Å². The lowest BCUT2D eigenvalue weighted by atomic mass is 9.91. The van der Waals surface area contributed by atoms with Crippen molar-refractivity contribution in [1.82, 2.24) is 0 Å². The van der Waals surface area contributed by atoms with E-state index in [9.17, 15) is 0 Å². The average Bonchev–Trinajstić information content (AvgIpc) is 2.29. The molecule has 0 heterocycles. The molecule has 0 saturated heterocycles. The van der Waals surface area contributed by atoms with E-state index in [1.54, 1.807) is 7.11 Å². The zero-order valence-electron chi connectivity index (χ0n) is 8.38. The summed E-state index contributed by atoms with van der Waals surface area (Å²) in [6, 6.07) is 6.06. The number of hydrogen-bond acceptors (Lipinski definition) is 2. The van der Waals surface area contributed by atoms with Crippen LogP contribution in [0, 0.1) is 11.3 Å². The molecule has 2 nitrogen and oxygen atoms in total. The molecule has 2 rings (SSSR count). The van der Waals surface area contributed by atoms with Crippen molar-refractivity contribution in [1.29, 1.82) is 5.26 Å². The van der Waals surface area contributed by atoms with E-state index in [4.69, 9.17) is 10.00 Å². The number of hydrogen-bond donors (Lipinski definition) is 0. The summed E-state index contributed by atoms with van der Waals surface area (Å²) in [6.07, 6.45) is 3.86. The second-order valence-electron chi connectivity index (χ2n) is 3.38. The first-order valence-electron chi connectivity index (χ1n) is 4.74. The van der Waals surface area contributed by atoms with Crippen LogP contribution in [0.5, 0.6) is 5.75 Å². The third-order valence-corrected chi connectivity index (χ3v) is 3.45. The van der Waals surface area contributed by atoms with E-state index in [0.29, 0.717) is 0 Å². The number of allylic oxidation sites excluding steroid dienone is 2. The smallest absolute Gasteiger partial charge is 0.133 e. The van der Waals surface area contributed by atoms with Crippen molar-refractivity contribution in [3.8, 4) is 11.8 Å². The van der Waals surface area contributed by atoms with Gasteiger partial charge in [0, 0.05) is 0 Å². The number of halogens is 1. The van der Waals surface area contributed by atoms with Gasteiger partial charge in [-0.3, -0.25) is 0 Å². The van der Waals surface area contributed by atoms with E-state index in [1.165, 1.54) is 5.56 Å². The van der Waals surface area contributed by atoms with Crippen molar-refractivity contribution in [3.63, 3.8) is 0 Å². The highest BCUT2D eigenvalue weighted by Gasteiger charge is 2.17. The molecule has 76 valence electrons. The molecule has 0 spiro atoms. The Morgan fingerprint density at radius 2 is 2.27 bits per heavy atom. The van der Waals surface area contributed by atoms with Crippen LogP contribution in [-0.4, -0.2) is 7.11 Å². The van der Waals surface area contributed by atoms with E-state index in [1.807, 2.05) is 18.2 Å². The summed E-state index contributed by atoms with van der Waals surface area (Å²) in [6.45, 7) is 0. The first kappa shape index (κ1) is 10.3. The van der Waals surface area contributed by atoms with E-state index in [0.717, 1.165) is 34.2 Å². The summed E-state index contributed by atoms with van der Waals surface area (Å²) in [5, 5.41) is 8.99. The van der Waals surface area contributed by atoms with Gasteiger partial charge < -0.3 is 4.74 Å². The van der Waals surface area contributed by atoms with Crippen LogP contribution in [0.2, 0.25) is 0 Å². The van der Waals surface area contributed by atoms with Gasteiger partial charge in [-0.25, -0.2) is 0 Å². The Bertz CT molecular complexity index is 471. The molecule has 1 aliphatic rings. The Balaban J connectivity index is 2.61. The van der Waals surface area contributed by atoms with Crippen molar-refractivity contribution in [2.75, 3.05) is 7.11 Å². The Hall–Kier alpha value is -1.27. The monoisotopic (exact) mass is 263 g/mol. The van der Waals surface area contributed by atoms with E-state index >= 15 is 0 Å². The number of fused-ring (bicyclic) bond motifs is 1. The zero-order chi connectivity index (χ0) is 10.8. The Kier molecular flexibility index (Phi) is 2.79. The fourth-order valence-electron chi connectivity index (χ4n) is 1.83. The minimum atomic E-state index is 0.764. The number of benzene rings is 1. The lowest BCUT2D eigenvalue weighted by molar-refractivity contribution is 0.411. The van der Waals surface area contributed by atoms with E-state index in [-0.39, 0.29) is 0 Å². The molecule has 0 aliphatic heterocycles. The van der Waals surface area contributed by atoms with Gasteiger partial charge in [-0.1, -0.05) is 6.08 Å². The largest absolute Gasteiger partial charge is 0.496 e. The highest BCUT2D eigenvalue weighted by Crippen LogP contribution is 2.37. The number of nitrogens with zero attached hydrogens (tertiary/aromatic N) is 1. The van der Waals surface area contributed by atoms with Gasteiger partial charge >= 0.3 is 0 Å². The molecule has 0 radical (unpaired) electrons. The number of rotatable bonds is 1. The lowest BCUT2D eigenvalue weighted by Gasteiger charge is -2.16. The van der Waals surface area contributed by atoms with Gasteiger partial charge in [-0.15, -0.1) is 0 Å². The predicted octanol–water partition coefficient (Wildman–Crippen LogP) is 3.31. The van der Waals surface area contributed by atoms with Crippen LogP contribution in [0.25, 0.3) is 5.57 Å². The van der Waals surface area contributed by atoms with Gasteiger partial charge in [0.25, 0.3) is 0 Å². The molecule has 15 heavy (non-hydrogen) atoms. The quantitative estimate of drug-likeness (QED) is 0.779. The van der Waals surface area contributed by atoms with Gasteiger partial charge in [-0.2, -0.15) is 5.26 Å². The van der Waals surface area contributed by atoms with Crippen molar-refractivity contribution in [3.05, 3.63) is 33.8 Å². The maximum Gasteiger partial charge on any atom is 0.133 e. The molecule has 0 saturated carbocycles. The Labute approximate surface area is 97.3 Å². The van der Waals surface area contributed by atoms with Crippen LogP contribution < -0.4 is 4.74 Å². The lowest BCUT2D eigenvalue weighted by Crippen LogP contribution is -2.01. The SMILES string of the molecule is COc1ccc2c(c1Br)CCC=C2C#N. The third-order valence-electron chi connectivity index (χ3n) is 2.58. The van der Waals surface area contributed by atoms with Crippen LogP contribution in [0.15, 0.2) is 22.7 Å². The maximum absolute atomic E-state index is 8.99. The molecule has 0 fully saturated rings. The van der Waals surface area contributed by atoms with Gasteiger partial charge in [-0.05, 0) is 52.0 Å². The summed E-state index contributed by atoms with van der Waals surface area (Å²) in [4.78, 5) is 0. The maximum atomic E-state index is 8.99. The molecular weight excluding hydrogens is 254 g/mol. The highest BCUT2D eigenvalue weighted by atomic mass is 79.9. The van der Waals surface area contributed by atoms with Crippen LogP contribution in [0.4, 0.5) is 0 Å². The van der Waals surface area contributed by atoms with Crippen molar-refractivity contribution in [2.45, 2.75) is 12.8 Å². The van der Waals surface area contributed by atoms with Crippen molar-refractivity contribution in [2.24, 2.45) is 0 Å². The fourth-order valence-corrected chi connectivity index (χ4v) is 2.54. The van der Waals surface area contributed by atoms with Gasteiger partial charge in [0.2, 0.25) is 0 Å². The van der Waals surface area contributed by atoms with Gasteiger partial charge in [0.1, 0.15) is 5.75 Å². The average molecular weight is 264 g/mol. The third kappa shape index (κ3) is 1.66. The fraction of sp³-hybridized carbons (Fsp3) is 0.250. The van der Waals surface area contributed by atoms with Crippen LogP contribution in [0.3, 0.4) is 0 Å². The molecular formula is C12H10BrNO. The molecule has 3 heteroatoms.